The summed E-state index contributed by atoms with van der Waals surface area (Å²) in [6.07, 6.45) is 0.750. The quantitative estimate of drug-likeness (QED) is 0.495. The van der Waals surface area contributed by atoms with E-state index in [1.165, 1.54) is 4.90 Å². The van der Waals surface area contributed by atoms with Crippen molar-refractivity contribution in [3.05, 3.63) is 33.6 Å². The lowest BCUT2D eigenvalue weighted by molar-refractivity contribution is -0.384. The summed E-state index contributed by atoms with van der Waals surface area (Å²) < 4.78 is 13.5. The van der Waals surface area contributed by atoms with Crippen LogP contribution in [0.3, 0.4) is 0 Å². The zero-order chi connectivity index (χ0) is 15.7. The number of nitrogens with two attached hydrogens (primary N) is 2. The van der Waals surface area contributed by atoms with E-state index in [2.05, 4.69) is 0 Å². The predicted octanol–water partition coefficient (Wildman–Crippen LogP) is 1.55. The summed E-state index contributed by atoms with van der Waals surface area (Å²) in [6.45, 7) is 2.75. The molecule has 1 amide bonds. The Morgan fingerprint density at radius 1 is 1.55 bits per heavy atom. The van der Waals surface area contributed by atoms with Crippen LogP contribution in [0, 0.1) is 21.8 Å². The van der Waals surface area contributed by atoms with Crippen LogP contribution in [0.2, 0.25) is 0 Å². The van der Waals surface area contributed by atoms with Crippen molar-refractivity contribution in [2.45, 2.75) is 19.4 Å². The highest BCUT2D eigenvalue weighted by Crippen LogP contribution is 2.30. The van der Waals surface area contributed by atoms with Gasteiger partial charge in [0.2, 0.25) is 0 Å². The number of anilines is 1. The first kappa shape index (κ1) is 18.1. The van der Waals surface area contributed by atoms with E-state index in [1.54, 1.807) is 0 Å². The van der Waals surface area contributed by atoms with Gasteiger partial charge in [0.1, 0.15) is 11.5 Å². The molecule has 7 nitrogen and oxygen atoms in total. The van der Waals surface area contributed by atoms with Crippen molar-refractivity contribution in [2.24, 2.45) is 11.7 Å². The molecule has 0 bridgehead atoms. The number of benzene rings is 1. The lowest BCUT2D eigenvalue weighted by Gasteiger charge is -2.22. The first-order valence-corrected chi connectivity index (χ1v) is 6.59. The third-order valence-electron chi connectivity index (χ3n) is 3.81. The van der Waals surface area contributed by atoms with Gasteiger partial charge in [-0.1, -0.05) is 0 Å². The van der Waals surface area contributed by atoms with Crippen molar-refractivity contribution in [1.82, 2.24) is 4.90 Å². The number of nitro benzene ring substituents is 1. The Hall–Kier alpha value is -1.93. The molecular formula is C13H18ClFN4O3. The van der Waals surface area contributed by atoms with Crippen LogP contribution in [0.15, 0.2) is 12.1 Å². The van der Waals surface area contributed by atoms with Crippen LogP contribution >= 0.6 is 12.4 Å². The second-order valence-electron chi connectivity index (χ2n) is 5.29. The van der Waals surface area contributed by atoms with Crippen LogP contribution in [0.4, 0.5) is 15.8 Å². The van der Waals surface area contributed by atoms with Crippen LogP contribution in [-0.2, 0) is 0 Å². The summed E-state index contributed by atoms with van der Waals surface area (Å²) >= 11 is 0. The molecule has 1 aromatic carbocycles. The Labute approximate surface area is 133 Å². The van der Waals surface area contributed by atoms with E-state index in [9.17, 15) is 19.3 Å². The van der Waals surface area contributed by atoms with Gasteiger partial charge in [0.25, 0.3) is 11.6 Å². The van der Waals surface area contributed by atoms with Gasteiger partial charge in [-0.15, -0.1) is 12.4 Å². The molecule has 1 aliphatic rings. The summed E-state index contributed by atoms with van der Waals surface area (Å²) in [6, 6.07) is 1.59. The SMILES string of the molecule is CC1CC(CN)CN1C(=O)c1cc(F)cc([N+](=O)[O-])c1N.Cl. The fourth-order valence-corrected chi connectivity index (χ4v) is 2.68. The second-order valence-corrected chi connectivity index (χ2v) is 5.29. The first-order valence-electron chi connectivity index (χ1n) is 6.59. The highest BCUT2D eigenvalue weighted by Gasteiger charge is 2.34. The maximum Gasteiger partial charge on any atom is 0.295 e. The van der Waals surface area contributed by atoms with E-state index >= 15 is 0 Å². The Balaban J connectivity index is 0.00000242. The van der Waals surface area contributed by atoms with Gasteiger partial charge < -0.3 is 16.4 Å². The predicted molar refractivity (Wildman–Crippen MR) is 82.4 cm³/mol. The van der Waals surface area contributed by atoms with Crippen molar-refractivity contribution in [3.8, 4) is 0 Å². The van der Waals surface area contributed by atoms with Gasteiger partial charge >= 0.3 is 0 Å². The number of nitro groups is 1. The van der Waals surface area contributed by atoms with Gasteiger partial charge in [-0.3, -0.25) is 14.9 Å². The molecule has 0 spiro atoms. The van der Waals surface area contributed by atoms with Crippen LogP contribution in [-0.4, -0.2) is 34.9 Å². The number of amides is 1. The zero-order valence-corrected chi connectivity index (χ0v) is 12.8. The minimum atomic E-state index is -0.860. The van der Waals surface area contributed by atoms with E-state index in [0.717, 1.165) is 12.5 Å². The number of carbonyl (C=O) groups is 1. The summed E-state index contributed by atoms with van der Waals surface area (Å²) in [5.74, 6) is -1.19. The van der Waals surface area contributed by atoms with Crippen molar-refractivity contribution < 1.29 is 14.1 Å². The minimum Gasteiger partial charge on any atom is -0.393 e. The number of likely N-dealkylation sites (tertiary alicyclic amines) is 1. The Morgan fingerprint density at radius 2 is 2.18 bits per heavy atom. The second kappa shape index (κ2) is 6.89. The lowest BCUT2D eigenvalue weighted by atomic mass is 10.1. The fourth-order valence-electron chi connectivity index (χ4n) is 2.68. The molecule has 0 aromatic heterocycles. The molecule has 2 atom stereocenters. The first-order chi connectivity index (χ1) is 9.85. The van der Waals surface area contributed by atoms with Crippen molar-refractivity contribution in [3.63, 3.8) is 0 Å². The Kier molecular flexibility index (Phi) is 5.67. The fraction of sp³-hybridized carbons (Fsp3) is 0.462. The van der Waals surface area contributed by atoms with Gasteiger partial charge in [-0.25, -0.2) is 4.39 Å². The van der Waals surface area contributed by atoms with E-state index in [0.29, 0.717) is 19.2 Å². The monoisotopic (exact) mass is 332 g/mol. The van der Waals surface area contributed by atoms with Gasteiger partial charge in [-0.05, 0) is 31.9 Å². The summed E-state index contributed by atoms with van der Waals surface area (Å²) in [4.78, 5) is 24.1. The van der Waals surface area contributed by atoms with Crippen LogP contribution in [0.5, 0.6) is 0 Å². The van der Waals surface area contributed by atoms with E-state index < -0.39 is 22.3 Å². The molecule has 1 aromatic rings. The molecule has 1 fully saturated rings. The number of carbonyl (C=O) groups excluding carboxylic acids is 1. The minimum absolute atomic E-state index is 0. The number of rotatable bonds is 3. The molecular weight excluding hydrogens is 315 g/mol. The summed E-state index contributed by atoms with van der Waals surface area (Å²) in [5.41, 5.74) is 10.2. The van der Waals surface area contributed by atoms with E-state index in [1.807, 2.05) is 6.92 Å². The van der Waals surface area contributed by atoms with Crippen LogP contribution in [0.1, 0.15) is 23.7 Å². The number of halogens is 2. The molecule has 9 heteroatoms. The third-order valence-corrected chi connectivity index (χ3v) is 3.81. The molecule has 0 aliphatic carbocycles. The number of hydrogen-bond acceptors (Lipinski definition) is 5. The molecule has 0 saturated carbocycles. The number of hydrogen-bond donors (Lipinski definition) is 2. The standard InChI is InChI=1S/C13H17FN4O3.ClH/c1-7-2-8(5-15)6-17(7)13(19)10-3-9(14)4-11(12(10)16)18(20)21;/h3-4,7-8H,2,5-6,15-16H2,1H3;1H. The molecule has 122 valence electrons. The topological polar surface area (TPSA) is 115 Å². The average Bonchev–Trinajstić information content (AvgIpc) is 2.81. The maximum absolute atomic E-state index is 13.5. The molecule has 2 unspecified atom stereocenters. The normalized spacial score (nSPS) is 20.6. The largest absolute Gasteiger partial charge is 0.393 e. The molecule has 0 radical (unpaired) electrons. The summed E-state index contributed by atoms with van der Waals surface area (Å²) in [5, 5.41) is 10.9. The van der Waals surface area contributed by atoms with Gasteiger partial charge in [0.05, 0.1) is 16.6 Å². The smallest absolute Gasteiger partial charge is 0.295 e. The molecule has 2 rings (SSSR count). The van der Waals surface area contributed by atoms with Crippen molar-refractivity contribution >= 4 is 29.7 Å². The van der Waals surface area contributed by atoms with E-state index in [-0.39, 0.29) is 35.6 Å². The van der Waals surface area contributed by atoms with Crippen LogP contribution in [0.25, 0.3) is 0 Å². The Morgan fingerprint density at radius 3 is 2.68 bits per heavy atom. The number of nitrogens with zero attached hydrogens (tertiary/aromatic N) is 2. The molecule has 1 heterocycles. The van der Waals surface area contributed by atoms with Gasteiger partial charge in [-0.2, -0.15) is 0 Å². The maximum atomic E-state index is 13.5. The average molecular weight is 333 g/mol. The number of nitrogen functional groups attached to an aromatic ring is 1. The highest BCUT2D eigenvalue weighted by molar-refractivity contribution is 6.01. The molecule has 22 heavy (non-hydrogen) atoms. The Bertz CT molecular complexity index is 599. The van der Waals surface area contributed by atoms with Crippen LogP contribution < -0.4 is 11.5 Å². The summed E-state index contributed by atoms with van der Waals surface area (Å²) in [7, 11) is 0. The molecule has 1 saturated heterocycles. The lowest BCUT2D eigenvalue weighted by Crippen LogP contribution is -2.35. The van der Waals surface area contributed by atoms with E-state index in [4.69, 9.17) is 11.5 Å². The molecule has 4 N–H and O–H groups in total. The third kappa shape index (κ3) is 3.28. The van der Waals surface area contributed by atoms with Gasteiger partial charge in [0.15, 0.2) is 0 Å². The van der Waals surface area contributed by atoms with Crippen molar-refractivity contribution in [1.29, 1.82) is 0 Å². The molecule has 1 aliphatic heterocycles. The van der Waals surface area contributed by atoms with Crippen molar-refractivity contribution in [2.75, 3.05) is 18.8 Å². The zero-order valence-electron chi connectivity index (χ0n) is 12.0. The highest BCUT2D eigenvalue weighted by atomic mass is 35.5. The van der Waals surface area contributed by atoms with Gasteiger partial charge in [0, 0.05) is 12.6 Å².